The van der Waals surface area contributed by atoms with E-state index in [0.29, 0.717) is 16.9 Å². The van der Waals surface area contributed by atoms with Gasteiger partial charge in [-0.15, -0.1) is 0 Å². The summed E-state index contributed by atoms with van der Waals surface area (Å²) in [5, 5.41) is 10.8. The molecule has 0 radical (unpaired) electrons. The molecule has 130 valence electrons. The minimum absolute atomic E-state index is 0.00648. The second-order valence-electron chi connectivity index (χ2n) is 5.32. The molecule has 8 nitrogen and oxygen atoms in total. The summed E-state index contributed by atoms with van der Waals surface area (Å²) >= 11 is 0. The van der Waals surface area contributed by atoms with E-state index in [1.807, 2.05) is 0 Å². The minimum atomic E-state index is -4.83. The zero-order chi connectivity index (χ0) is 18.4. The lowest BCUT2D eigenvalue weighted by Crippen LogP contribution is -2.10. The van der Waals surface area contributed by atoms with E-state index in [1.54, 1.807) is 6.92 Å². The number of alkyl halides is 3. The Balaban J connectivity index is 2.06. The molecule has 3 rings (SSSR count). The van der Waals surface area contributed by atoms with E-state index in [9.17, 15) is 23.3 Å². The molecule has 2 aromatic heterocycles. The largest absolute Gasteiger partial charge is 0.423 e. The summed E-state index contributed by atoms with van der Waals surface area (Å²) in [4.78, 5) is 21.9. The normalized spacial score (nSPS) is 11.8. The Kier molecular flexibility index (Phi) is 3.78. The molecule has 25 heavy (non-hydrogen) atoms. The van der Waals surface area contributed by atoms with E-state index < -0.39 is 22.4 Å². The number of nitrogens with two attached hydrogens (primary N) is 1. The number of halogens is 3. The maximum absolute atomic E-state index is 13.1. The van der Waals surface area contributed by atoms with Crippen LogP contribution in [0.1, 0.15) is 16.8 Å². The van der Waals surface area contributed by atoms with Crippen molar-refractivity contribution in [3.05, 3.63) is 51.5 Å². The first-order valence-corrected chi connectivity index (χ1v) is 6.96. The standard InChI is InChI=1S/C14H11F3N6O2/c1-7-11-12(21-13(18)20-7)22(6-19-11)5-8-2-3-10(23(24)25)9(4-8)14(15,16)17/h2-4,6H,5H2,1H3,(H2,18,20,21). The maximum Gasteiger partial charge on any atom is 0.423 e. The monoisotopic (exact) mass is 352 g/mol. The SMILES string of the molecule is Cc1nc(N)nc2c1ncn2Cc1ccc([N+](=O)[O-])c(C(F)(F)F)c1. The minimum Gasteiger partial charge on any atom is -0.368 e. The van der Waals surface area contributed by atoms with Gasteiger partial charge in [0, 0.05) is 6.07 Å². The van der Waals surface area contributed by atoms with Gasteiger partial charge in [0.15, 0.2) is 5.65 Å². The van der Waals surface area contributed by atoms with Crippen molar-refractivity contribution in [1.82, 2.24) is 19.5 Å². The summed E-state index contributed by atoms with van der Waals surface area (Å²) in [6.07, 6.45) is -3.43. The van der Waals surface area contributed by atoms with Crippen molar-refractivity contribution in [1.29, 1.82) is 0 Å². The maximum atomic E-state index is 13.1. The first-order chi connectivity index (χ1) is 11.7. The lowest BCUT2D eigenvalue weighted by atomic mass is 10.1. The smallest absolute Gasteiger partial charge is 0.368 e. The van der Waals surface area contributed by atoms with Gasteiger partial charge in [0.2, 0.25) is 5.95 Å². The number of imidazole rings is 1. The molecule has 0 saturated carbocycles. The highest BCUT2D eigenvalue weighted by molar-refractivity contribution is 5.74. The number of aromatic nitrogens is 4. The first kappa shape index (κ1) is 16.6. The molecule has 0 aliphatic heterocycles. The number of benzene rings is 1. The number of nitro benzene ring substituents is 1. The quantitative estimate of drug-likeness (QED) is 0.573. The Morgan fingerprint density at radius 2 is 2.04 bits per heavy atom. The molecule has 2 heterocycles. The highest BCUT2D eigenvalue weighted by Crippen LogP contribution is 2.36. The lowest BCUT2D eigenvalue weighted by molar-refractivity contribution is -0.388. The van der Waals surface area contributed by atoms with Crippen LogP contribution in [0.3, 0.4) is 0 Å². The third-order valence-corrected chi connectivity index (χ3v) is 3.57. The molecule has 0 fully saturated rings. The summed E-state index contributed by atoms with van der Waals surface area (Å²) in [7, 11) is 0. The molecule has 0 aliphatic rings. The average Bonchev–Trinajstić information content (AvgIpc) is 2.89. The molecule has 0 spiro atoms. The molecule has 0 atom stereocenters. The number of hydrogen-bond acceptors (Lipinski definition) is 6. The van der Waals surface area contributed by atoms with Crippen LogP contribution in [0, 0.1) is 17.0 Å². The van der Waals surface area contributed by atoms with Gasteiger partial charge in [-0.05, 0) is 18.6 Å². The highest BCUT2D eigenvalue weighted by atomic mass is 19.4. The zero-order valence-electron chi connectivity index (χ0n) is 12.8. The molecule has 0 unspecified atom stereocenters. The van der Waals surface area contributed by atoms with E-state index >= 15 is 0 Å². The summed E-state index contributed by atoms with van der Waals surface area (Å²) < 4.78 is 40.7. The van der Waals surface area contributed by atoms with Crippen LogP contribution >= 0.6 is 0 Å². The number of hydrogen-bond donors (Lipinski definition) is 1. The van der Waals surface area contributed by atoms with Gasteiger partial charge in [-0.25, -0.2) is 9.97 Å². The fourth-order valence-corrected chi connectivity index (χ4v) is 2.49. The van der Waals surface area contributed by atoms with E-state index in [2.05, 4.69) is 15.0 Å². The fraction of sp³-hybridized carbons (Fsp3) is 0.214. The highest BCUT2D eigenvalue weighted by Gasteiger charge is 2.38. The van der Waals surface area contributed by atoms with E-state index in [0.717, 1.165) is 12.1 Å². The summed E-state index contributed by atoms with van der Waals surface area (Å²) in [6, 6.07) is 2.85. The van der Waals surface area contributed by atoms with Crippen molar-refractivity contribution in [3.63, 3.8) is 0 Å². The molecule has 0 aliphatic carbocycles. The van der Waals surface area contributed by atoms with Gasteiger partial charge in [0.1, 0.15) is 11.1 Å². The fourth-order valence-electron chi connectivity index (χ4n) is 2.49. The Bertz CT molecular complexity index is 983. The molecule has 3 aromatic rings. The van der Waals surface area contributed by atoms with Gasteiger partial charge in [0.25, 0.3) is 5.69 Å². The molecule has 1 aromatic carbocycles. The van der Waals surface area contributed by atoms with Gasteiger partial charge in [-0.3, -0.25) is 10.1 Å². The van der Waals surface area contributed by atoms with Crippen molar-refractivity contribution in [2.24, 2.45) is 0 Å². The van der Waals surface area contributed by atoms with Gasteiger partial charge >= 0.3 is 6.18 Å². The van der Waals surface area contributed by atoms with Crippen LogP contribution in [0.15, 0.2) is 24.5 Å². The van der Waals surface area contributed by atoms with Crippen LogP contribution in [0.2, 0.25) is 0 Å². The molecule has 11 heteroatoms. The third-order valence-electron chi connectivity index (χ3n) is 3.57. The molecular formula is C14H11F3N6O2. The van der Waals surface area contributed by atoms with Crippen molar-refractivity contribution in [2.75, 3.05) is 5.73 Å². The van der Waals surface area contributed by atoms with E-state index in [1.165, 1.54) is 17.0 Å². The van der Waals surface area contributed by atoms with Crippen LogP contribution < -0.4 is 5.73 Å². The van der Waals surface area contributed by atoms with E-state index in [-0.39, 0.29) is 18.1 Å². The van der Waals surface area contributed by atoms with Crippen LogP contribution in [-0.4, -0.2) is 24.4 Å². The van der Waals surface area contributed by atoms with Gasteiger partial charge in [0.05, 0.1) is 23.5 Å². The molecule has 2 N–H and O–H groups in total. The molecule has 0 bridgehead atoms. The molecule has 0 amide bonds. The van der Waals surface area contributed by atoms with E-state index in [4.69, 9.17) is 5.73 Å². The molecular weight excluding hydrogens is 341 g/mol. The Hall–Kier alpha value is -3.24. The summed E-state index contributed by atoms with van der Waals surface area (Å²) in [5.74, 6) is 0.0198. The predicted molar refractivity (Wildman–Crippen MR) is 81.7 cm³/mol. The van der Waals surface area contributed by atoms with Crippen LogP contribution in [-0.2, 0) is 12.7 Å². The van der Waals surface area contributed by atoms with Crippen LogP contribution in [0.5, 0.6) is 0 Å². The van der Waals surface area contributed by atoms with Crippen molar-refractivity contribution in [3.8, 4) is 0 Å². The van der Waals surface area contributed by atoms with Gasteiger partial charge in [-0.2, -0.15) is 18.2 Å². The first-order valence-electron chi connectivity index (χ1n) is 6.96. The van der Waals surface area contributed by atoms with Gasteiger partial charge < -0.3 is 10.3 Å². The number of nitrogen functional groups attached to an aromatic ring is 1. The number of nitro groups is 1. The Morgan fingerprint density at radius 1 is 1.32 bits per heavy atom. The van der Waals surface area contributed by atoms with Crippen molar-refractivity contribution >= 4 is 22.8 Å². The summed E-state index contributed by atoms with van der Waals surface area (Å²) in [6.45, 7) is 1.68. The zero-order valence-corrected chi connectivity index (χ0v) is 12.8. The van der Waals surface area contributed by atoms with Crippen LogP contribution in [0.4, 0.5) is 24.8 Å². The lowest BCUT2D eigenvalue weighted by Gasteiger charge is -2.10. The average molecular weight is 352 g/mol. The van der Waals surface area contributed by atoms with Crippen molar-refractivity contribution in [2.45, 2.75) is 19.6 Å². The second kappa shape index (κ2) is 5.69. The summed E-state index contributed by atoms with van der Waals surface area (Å²) in [5.41, 5.74) is 4.91. The Labute approximate surface area is 138 Å². The number of anilines is 1. The second-order valence-corrected chi connectivity index (χ2v) is 5.32. The topological polar surface area (TPSA) is 113 Å². The number of rotatable bonds is 3. The third kappa shape index (κ3) is 3.07. The van der Waals surface area contributed by atoms with Crippen LogP contribution in [0.25, 0.3) is 11.2 Å². The number of aryl methyl sites for hydroxylation is 1. The number of nitrogens with zero attached hydrogens (tertiary/aromatic N) is 5. The van der Waals surface area contributed by atoms with Crippen molar-refractivity contribution < 1.29 is 18.1 Å². The van der Waals surface area contributed by atoms with Gasteiger partial charge in [-0.1, -0.05) is 6.07 Å². The number of fused-ring (bicyclic) bond motifs is 1. The Morgan fingerprint density at radius 3 is 2.68 bits per heavy atom. The predicted octanol–water partition coefficient (Wildman–Crippen LogP) is 2.69. The molecule has 0 saturated heterocycles.